The smallest absolute Gasteiger partial charge is 0.338 e. The molecule has 0 unspecified atom stereocenters. The molecule has 6 heteroatoms. The van der Waals surface area contributed by atoms with Gasteiger partial charge in [0.1, 0.15) is 11.5 Å². The minimum atomic E-state index is -0.381. The molecule has 2 aromatic heterocycles. The summed E-state index contributed by atoms with van der Waals surface area (Å²) in [5, 5.41) is 7.94. The van der Waals surface area contributed by atoms with Gasteiger partial charge in [0.25, 0.3) is 11.8 Å². The van der Waals surface area contributed by atoms with Crippen LogP contribution in [0.4, 0.5) is 0 Å². The van der Waals surface area contributed by atoms with E-state index in [2.05, 4.69) is 10.2 Å². The summed E-state index contributed by atoms with van der Waals surface area (Å²) in [5.74, 6) is 1.72. The molecule has 0 atom stereocenters. The Kier molecular flexibility index (Phi) is 4.32. The van der Waals surface area contributed by atoms with E-state index in [-0.39, 0.29) is 18.5 Å². The average Bonchev–Trinajstić information content (AvgIpc) is 3.25. The van der Waals surface area contributed by atoms with Gasteiger partial charge < -0.3 is 13.6 Å². The fourth-order valence-electron chi connectivity index (χ4n) is 3.33. The first-order valence-electron chi connectivity index (χ1n) is 8.79. The van der Waals surface area contributed by atoms with Crippen LogP contribution in [0.2, 0.25) is 0 Å². The Bertz CT molecular complexity index is 955. The molecule has 0 N–H and O–H groups in total. The predicted octanol–water partition coefficient (Wildman–Crippen LogP) is 4.18. The molecular weight excluding hydrogens is 332 g/mol. The van der Waals surface area contributed by atoms with E-state index in [0.717, 1.165) is 24.2 Å². The highest BCUT2D eigenvalue weighted by Crippen LogP contribution is 2.26. The number of hydrogen-bond acceptors (Lipinski definition) is 6. The number of ether oxygens (including phenoxy) is 1. The van der Waals surface area contributed by atoms with Crippen molar-refractivity contribution in [2.24, 2.45) is 0 Å². The summed E-state index contributed by atoms with van der Waals surface area (Å²) in [5.41, 5.74) is 3.89. The van der Waals surface area contributed by atoms with Crippen LogP contribution < -0.4 is 0 Å². The second kappa shape index (κ2) is 6.78. The van der Waals surface area contributed by atoms with Crippen LogP contribution in [0.15, 0.2) is 33.1 Å². The molecular formula is C20H20N2O4. The van der Waals surface area contributed by atoms with Crippen molar-refractivity contribution in [1.82, 2.24) is 10.2 Å². The van der Waals surface area contributed by atoms with Crippen molar-refractivity contribution in [1.29, 1.82) is 0 Å². The number of esters is 1. The van der Waals surface area contributed by atoms with Crippen LogP contribution in [0, 0.1) is 13.8 Å². The van der Waals surface area contributed by atoms with Crippen LogP contribution >= 0.6 is 0 Å². The van der Waals surface area contributed by atoms with Gasteiger partial charge in [0.2, 0.25) is 0 Å². The number of carbonyl (C=O) groups excluding carboxylic acids is 1. The first-order valence-corrected chi connectivity index (χ1v) is 8.79. The molecule has 0 bridgehead atoms. The third kappa shape index (κ3) is 3.27. The quantitative estimate of drug-likeness (QED) is 0.655. The number of carbonyl (C=O) groups is 1. The Morgan fingerprint density at radius 2 is 1.88 bits per heavy atom. The molecule has 26 heavy (non-hydrogen) atoms. The fraction of sp³-hybridized carbons (Fsp3) is 0.350. The van der Waals surface area contributed by atoms with E-state index >= 15 is 0 Å². The predicted molar refractivity (Wildman–Crippen MR) is 93.7 cm³/mol. The third-order valence-electron chi connectivity index (χ3n) is 4.65. The van der Waals surface area contributed by atoms with E-state index in [1.807, 2.05) is 38.1 Å². The van der Waals surface area contributed by atoms with Gasteiger partial charge in [-0.25, -0.2) is 4.79 Å². The highest BCUT2D eigenvalue weighted by Gasteiger charge is 2.17. The first-order chi connectivity index (χ1) is 12.6. The maximum atomic E-state index is 12.3. The zero-order valence-electron chi connectivity index (χ0n) is 14.9. The Morgan fingerprint density at radius 3 is 2.65 bits per heavy atom. The van der Waals surface area contributed by atoms with E-state index < -0.39 is 0 Å². The lowest BCUT2D eigenvalue weighted by atomic mass is 9.90. The van der Waals surface area contributed by atoms with Gasteiger partial charge in [-0.1, -0.05) is 6.07 Å². The number of rotatable bonds is 4. The summed E-state index contributed by atoms with van der Waals surface area (Å²) in [6.07, 6.45) is 4.49. The lowest BCUT2D eigenvalue weighted by molar-refractivity contribution is 0.0438. The molecule has 6 nitrogen and oxygen atoms in total. The van der Waals surface area contributed by atoms with Gasteiger partial charge in [-0.05, 0) is 68.9 Å². The Labute approximate surface area is 151 Å². The SMILES string of the molecule is Cc1cc(-c2nnc(COC(=O)c3ccc4c(c3)CCCC4)o2)c(C)o1. The van der Waals surface area contributed by atoms with Gasteiger partial charge in [0, 0.05) is 0 Å². The van der Waals surface area contributed by atoms with E-state index in [1.165, 1.54) is 24.0 Å². The van der Waals surface area contributed by atoms with Crippen molar-refractivity contribution in [2.75, 3.05) is 0 Å². The molecule has 1 aliphatic carbocycles. The van der Waals surface area contributed by atoms with Crippen molar-refractivity contribution in [3.8, 4) is 11.5 Å². The second-order valence-corrected chi connectivity index (χ2v) is 6.59. The lowest BCUT2D eigenvalue weighted by Gasteiger charge is -2.16. The summed E-state index contributed by atoms with van der Waals surface area (Å²) < 4.78 is 16.4. The zero-order valence-corrected chi connectivity index (χ0v) is 14.9. The number of fused-ring (bicyclic) bond motifs is 1. The number of hydrogen-bond donors (Lipinski definition) is 0. The molecule has 134 valence electrons. The van der Waals surface area contributed by atoms with Gasteiger partial charge >= 0.3 is 5.97 Å². The Morgan fingerprint density at radius 1 is 1.08 bits per heavy atom. The van der Waals surface area contributed by atoms with Crippen molar-refractivity contribution >= 4 is 5.97 Å². The van der Waals surface area contributed by atoms with Crippen LogP contribution in [-0.4, -0.2) is 16.2 Å². The number of nitrogens with zero attached hydrogens (tertiary/aromatic N) is 2. The van der Waals surface area contributed by atoms with E-state index in [0.29, 0.717) is 17.2 Å². The van der Waals surface area contributed by atoms with Crippen LogP contribution in [0.5, 0.6) is 0 Å². The largest absolute Gasteiger partial charge is 0.466 e. The van der Waals surface area contributed by atoms with Crippen molar-refractivity contribution < 1.29 is 18.4 Å². The first kappa shape index (κ1) is 16.6. The molecule has 0 saturated heterocycles. The Hall–Kier alpha value is -2.89. The van der Waals surface area contributed by atoms with Gasteiger partial charge in [0.05, 0.1) is 11.1 Å². The van der Waals surface area contributed by atoms with Gasteiger partial charge in [-0.2, -0.15) is 0 Å². The lowest BCUT2D eigenvalue weighted by Crippen LogP contribution is -2.09. The van der Waals surface area contributed by atoms with Crippen LogP contribution in [0.3, 0.4) is 0 Å². The van der Waals surface area contributed by atoms with Crippen LogP contribution in [0.25, 0.3) is 11.5 Å². The highest BCUT2D eigenvalue weighted by molar-refractivity contribution is 5.89. The molecule has 0 aliphatic heterocycles. The van der Waals surface area contributed by atoms with Crippen molar-refractivity contribution in [2.45, 2.75) is 46.1 Å². The standard InChI is InChI=1S/C20H20N2O4/c1-12-9-17(13(2)25-12)19-22-21-18(26-19)11-24-20(23)16-8-7-14-5-3-4-6-15(14)10-16/h7-10H,3-6,11H2,1-2H3. The van der Waals surface area contributed by atoms with E-state index in [9.17, 15) is 4.79 Å². The third-order valence-corrected chi connectivity index (χ3v) is 4.65. The van der Waals surface area contributed by atoms with Gasteiger partial charge in [-0.3, -0.25) is 0 Å². The van der Waals surface area contributed by atoms with E-state index in [4.69, 9.17) is 13.6 Å². The second-order valence-electron chi connectivity index (χ2n) is 6.59. The number of benzene rings is 1. The van der Waals surface area contributed by atoms with E-state index in [1.54, 1.807) is 0 Å². The molecule has 1 aliphatic rings. The normalized spacial score (nSPS) is 13.5. The molecule has 4 rings (SSSR count). The summed E-state index contributed by atoms with van der Waals surface area (Å²) >= 11 is 0. The molecule has 1 aromatic carbocycles. The fourth-order valence-corrected chi connectivity index (χ4v) is 3.33. The zero-order chi connectivity index (χ0) is 18.1. The summed E-state index contributed by atoms with van der Waals surface area (Å²) in [6, 6.07) is 7.63. The molecule has 0 saturated carbocycles. The van der Waals surface area contributed by atoms with Crippen molar-refractivity contribution in [3.63, 3.8) is 0 Å². The maximum Gasteiger partial charge on any atom is 0.338 e. The topological polar surface area (TPSA) is 78.4 Å². The molecule has 0 amide bonds. The summed E-state index contributed by atoms with van der Waals surface area (Å²) in [4.78, 5) is 12.3. The number of aromatic nitrogens is 2. The highest BCUT2D eigenvalue weighted by atomic mass is 16.5. The van der Waals surface area contributed by atoms with Crippen LogP contribution in [0.1, 0.15) is 51.7 Å². The molecule has 0 spiro atoms. The molecule has 0 fully saturated rings. The number of furan rings is 1. The molecule has 3 aromatic rings. The minimum absolute atomic E-state index is 0.0567. The van der Waals surface area contributed by atoms with Gasteiger partial charge in [-0.15, -0.1) is 10.2 Å². The maximum absolute atomic E-state index is 12.3. The summed E-state index contributed by atoms with van der Waals surface area (Å²) in [7, 11) is 0. The van der Waals surface area contributed by atoms with Crippen LogP contribution in [-0.2, 0) is 24.2 Å². The average molecular weight is 352 g/mol. The molecule has 0 radical (unpaired) electrons. The van der Waals surface area contributed by atoms with Crippen molar-refractivity contribution in [3.05, 3.63) is 58.4 Å². The Balaban J connectivity index is 1.43. The number of aryl methyl sites for hydroxylation is 4. The van der Waals surface area contributed by atoms with Gasteiger partial charge in [0.15, 0.2) is 6.61 Å². The molecule has 2 heterocycles. The summed E-state index contributed by atoms with van der Waals surface area (Å²) in [6.45, 7) is 3.63. The monoisotopic (exact) mass is 352 g/mol. The minimum Gasteiger partial charge on any atom is -0.466 e.